The number of pyridine rings is 1. The molecule has 1 unspecified atom stereocenters. The summed E-state index contributed by atoms with van der Waals surface area (Å²) in [5.74, 6) is 6.98. The highest BCUT2D eigenvalue weighted by molar-refractivity contribution is 5.96. The molecule has 0 amide bonds. The molecule has 6 heteroatoms. The molecule has 2 aromatic heterocycles. The van der Waals surface area contributed by atoms with Gasteiger partial charge in [0.1, 0.15) is 0 Å². The van der Waals surface area contributed by atoms with Crippen molar-refractivity contribution in [1.82, 2.24) is 15.2 Å². The molecule has 134 valence electrons. The van der Waals surface area contributed by atoms with E-state index >= 15 is 0 Å². The molecule has 6 nitrogen and oxygen atoms in total. The van der Waals surface area contributed by atoms with Crippen LogP contribution >= 0.6 is 0 Å². The van der Waals surface area contributed by atoms with Crippen molar-refractivity contribution >= 4 is 16.7 Å². The van der Waals surface area contributed by atoms with Crippen LogP contribution in [-0.2, 0) is 0 Å². The quantitative estimate of drug-likeness (QED) is 0.542. The number of benzene rings is 1. The van der Waals surface area contributed by atoms with Crippen LogP contribution in [0, 0.1) is 17.3 Å². The number of hydrogen-bond acceptors (Lipinski definition) is 5. The van der Waals surface area contributed by atoms with Crippen molar-refractivity contribution < 1.29 is 0 Å². The molecule has 0 bridgehead atoms. The molecule has 0 aliphatic carbocycles. The third-order valence-corrected chi connectivity index (χ3v) is 4.02. The van der Waals surface area contributed by atoms with Gasteiger partial charge < -0.3 is 17.2 Å². The predicted octanol–water partition coefficient (Wildman–Crippen LogP) is 2.56. The third-order valence-electron chi connectivity index (χ3n) is 4.02. The molecule has 0 spiro atoms. The number of nitrogen functional groups attached to an aromatic ring is 1. The summed E-state index contributed by atoms with van der Waals surface area (Å²) in [5.41, 5.74) is 22.0. The van der Waals surface area contributed by atoms with Gasteiger partial charge in [0.25, 0.3) is 0 Å². The normalized spacial score (nSPS) is 12.7. The van der Waals surface area contributed by atoms with Gasteiger partial charge in [-0.2, -0.15) is 5.10 Å². The predicted molar refractivity (Wildman–Crippen MR) is 106 cm³/mol. The molecule has 3 aromatic rings. The lowest BCUT2D eigenvalue weighted by atomic mass is 9.95. The first-order valence-corrected chi connectivity index (χ1v) is 8.51. The molecular weight excluding hydrogens is 324 g/mol. The fourth-order valence-electron chi connectivity index (χ4n) is 2.61. The number of anilines is 1. The smallest absolute Gasteiger partial charge is 0.153 e. The second kappa shape index (κ2) is 6.79. The molecule has 1 aromatic carbocycles. The maximum Gasteiger partial charge on any atom is 0.153 e. The lowest BCUT2D eigenvalue weighted by molar-refractivity contribution is 0.571. The van der Waals surface area contributed by atoms with Crippen LogP contribution in [0.1, 0.15) is 38.1 Å². The van der Waals surface area contributed by atoms with Crippen molar-refractivity contribution in [2.45, 2.75) is 26.8 Å². The Kier molecular flexibility index (Phi) is 4.68. The largest absolute Gasteiger partial charge is 0.382 e. The van der Waals surface area contributed by atoms with E-state index in [1.807, 2.05) is 24.3 Å². The molecule has 3 rings (SSSR count). The van der Waals surface area contributed by atoms with Crippen LogP contribution in [0.4, 0.5) is 5.82 Å². The number of H-pyrrole nitrogens is 1. The number of fused-ring (bicyclic) bond motifs is 1. The summed E-state index contributed by atoms with van der Waals surface area (Å²) in [4.78, 5) is 4.32. The molecule has 0 aliphatic heterocycles. The van der Waals surface area contributed by atoms with Crippen LogP contribution in [0.5, 0.6) is 0 Å². The van der Waals surface area contributed by atoms with E-state index in [0.717, 1.165) is 33.3 Å². The van der Waals surface area contributed by atoms with Gasteiger partial charge >= 0.3 is 0 Å². The highest BCUT2D eigenvalue weighted by atomic mass is 15.1. The maximum absolute atomic E-state index is 6.03. The average molecular weight is 348 g/mol. The monoisotopic (exact) mass is 348 g/mol. The van der Waals surface area contributed by atoms with E-state index in [4.69, 9.17) is 17.2 Å². The van der Waals surface area contributed by atoms with Crippen LogP contribution in [0.2, 0.25) is 0 Å². The minimum absolute atomic E-state index is 0.106. The van der Waals surface area contributed by atoms with Gasteiger partial charge in [0, 0.05) is 23.5 Å². The summed E-state index contributed by atoms with van der Waals surface area (Å²) in [6.45, 7) is 6.57. The Bertz CT molecular complexity index is 1000. The summed E-state index contributed by atoms with van der Waals surface area (Å²) in [5, 5.41) is 7.96. The average Bonchev–Trinajstić information content (AvgIpc) is 2.99. The Morgan fingerprint density at radius 2 is 1.96 bits per heavy atom. The Labute approximate surface area is 153 Å². The summed E-state index contributed by atoms with van der Waals surface area (Å²) in [7, 11) is 0. The van der Waals surface area contributed by atoms with Gasteiger partial charge in [-0.15, -0.1) is 0 Å². The molecule has 7 N–H and O–H groups in total. The van der Waals surface area contributed by atoms with Gasteiger partial charge in [-0.1, -0.05) is 11.8 Å². The first-order valence-electron chi connectivity index (χ1n) is 8.51. The summed E-state index contributed by atoms with van der Waals surface area (Å²) in [6, 6.07) is 7.63. The zero-order chi connectivity index (χ0) is 18.9. The summed E-state index contributed by atoms with van der Waals surface area (Å²) < 4.78 is 0. The van der Waals surface area contributed by atoms with Gasteiger partial charge in [-0.05, 0) is 56.2 Å². The Hall–Kier alpha value is -2.88. The first kappa shape index (κ1) is 17.9. The molecule has 26 heavy (non-hydrogen) atoms. The van der Waals surface area contributed by atoms with E-state index < -0.39 is 0 Å². The van der Waals surface area contributed by atoms with E-state index in [-0.39, 0.29) is 11.5 Å². The van der Waals surface area contributed by atoms with Crippen LogP contribution in [-0.4, -0.2) is 21.7 Å². The van der Waals surface area contributed by atoms with Gasteiger partial charge in [-0.3, -0.25) is 10.1 Å². The van der Waals surface area contributed by atoms with Crippen LogP contribution in [0.25, 0.3) is 22.0 Å². The van der Waals surface area contributed by atoms with E-state index in [1.165, 1.54) is 0 Å². The lowest BCUT2D eigenvalue weighted by Crippen LogP contribution is -2.21. The summed E-state index contributed by atoms with van der Waals surface area (Å²) >= 11 is 0. The van der Waals surface area contributed by atoms with Crippen LogP contribution in [0.3, 0.4) is 0 Å². The minimum Gasteiger partial charge on any atom is -0.382 e. The van der Waals surface area contributed by atoms with Crippen molar-refractivity contribution in [3.8, 4) is 23.0 Å². The second-order valence-corrected chi connectivity index (χ2v) is 7.37. The van der Waals surface area contributed by atoms with E-state index in [1.54, 1.807) is 6.20 Å². The Balaban J connectivity index is 2.18. The molecule has 0 radical (unpaired) electrons. The van der Waals surface area contributed by atoms with E-state index in [2.05, 4.69) is 47.8 Å². The highest BCUT2D eigenvalue weighted by Gasteiger charge is 2.12. The van der Waals surface area contributed by atoms with E-state index in [0.29, 0.717) is 12.4 Å². The van der Waals surface area contributed by atoms with Crippen LogP contribution in [0.15, 0.2) is 30.5 Å². The molecule has 2 heterocycles. The maximum atomic E-state index is 6.03. The molecular formula is C20H24N6. The molecule has 0 fully saturated rings. The molecule has 0 aliphatic rings. The standard InChI is InChI=1S/C20H24N6/c1-20(2,3)6-4-13-8-14(9-15-18(13)25-26-19(15)23)12-5-7-24-17(10-12)16(22)11-21/h5,7-10,16H,11,21-22H2,1-3H3,(H3,23,25,26). The van der Waals surface area contributed by atoms with Gasteiger partial charge in [-0.25, -0.2) is 0 Å². The van der Waals surface area contributed by atoms with Gasteiger partial charge in [0.05, 0.1) is 22.8 Å². The summed E-state index contributed by atoms with van der Waals surface area (Å²) in [6.07, 6.45) is 1.74. The Morgan fingerprint density at radius 1 is 1.19 bits per heavy atom. The lowest BCUT2D eigenvalue weighted by Gasteiger charge is -2.11. The fourth-order valence-corrected chi connectivity index (χ4v) is 2.61. The van der Waals surface area contributed by atoms with Crippen molar-refractivity contribution in [3.05, 3.63) is 41.7 Å². The van der Waals surface area contributed by atoms with E-state index in [9.17, 15) is 0 Å². The zero-order valence-corrected chi connectivity index (χ0v) is 15.3. The van der Waals surface area contributed by atoms with Crippen molar-refractivity contribution in [2.75, 3.05) is 12.3 Å². The van der Waals surface area contributed by atoms with Crippen LogP contribution < -0.4 is 17.2 Å². The molecule has 0 saturated carbocycles. The number of hydrogen-bond donors (Lipinski definition) is 4. The van der Waals surface area contributed by atoms with Gasteiger partial charge in [0.2, 0.25) is 0 Å². The third kappa shape index (κ3) is 3.69. The zero-order valence-electron chi connectivity index (χ0n) is 15.3. The number of nitrogens with zero attached hydrogens (tertiary/aromatic N) is 2. The van der Waals surface area contributed by atoms with Crippen molar-refractivity contribution in [2.24, 2.45) is 16.9 Å². The SMILES string of the molecule is CC(C)(C)C#Cc1cc(-c2ccnc(C(N)CN)c2)cc2c(N)n[nH]c12. The molecule has 0 saturated heterocycles. The number of rotatable bonds is 3. The van der Waals surface area contributed by atoms with Crippen molar-refractivity contribution in [1.29, 1.82) is 0 Å². The second-order valence-electron chi connectivity index (χ2n) is 7.37. The number of nitrogens with two attached hydrogens (primary N) is 3. The number of nitrogens with one attached hydrogen (secondary N) is 1. The van der Waals surface area contributed by atoms with Crippen molar-refractivity contribution in [3.63, 3.8) is 0 Å². The van der Waals surface area contributed by atoms with Gasteiger partial charge in [0.15, 0.2) is 5.82 Å². The fraction of sp³-hybridized carbons (Fsp3) is 0.300. The first-order chi connectivity index (χ1) is 12.3. The molecule has 1 atom stereocenters. The highest BCUT2D eigenvalue weighted by Crippen LogP contribution is 2.30. The minimum atomic E-state index is -0.294. The number of aromatic amines is 1. The Morgan fingerprint density at radius 3 is 2.65 bits per heavy atom. The number of aromatic nitrogens is 3. The topological polar surface area (TPSA) is 120 Å².